The van der Waals surface area contributed by atoms with E-state index in [-0.39, 0.29) is 27.5 Å². The fourth-order valence-corrected chi connectivity index (χ4v) is 2.41. The number of thioether (sulfide) groups is 1. The number of methoxy groups -OCH3 is 1. The van der Waals surface area contributed by atoms with Crippen molar-refractivity contribution in [3.05, 3.63) is 46.4 Å². The molecule has 0 saturated carbocycles. The zero-order valence-corrected chi connectivity index (χ0v) is 11.7. The zero-order chi connectivity index (χ0) is 14.7. The highest BCUT2D eigenvalue weighted by Gasteiger charge is 2.14. The monoisotopic (exact) mass is 320 g/mol. The van der Waals surface area contributed by atoms with Crippen molar-refractivity contribution in [2.75, 3.05) is 7.11 Å². The van der Waals surface area contributed by atoms with E-state index >= 15 is 0 Å². The number of hydrogen-bond acceptors (Lipinski definition) is 4. The molecule has 2 aromatic rings. The lowest BCUT2D eigenvalue weighted by Gasteiger charge is -2.05. The lowest BCUT2D eigenvalue weighted by Crippen LogP contribution is -1.97. The van der Waals surface area contributed by atoms with Gasteiger partial charge in [0.25, 0.3) is 0 Å². The van der Waals surface area contributed by atoms with Gasteiger partial charge in [-0.3, -0.25) is 0 Å². The average Bonchev–Trinajstić information content (AvgIpc) is 2.43. The maximum atomic E-state index is 13.5. The molecule has 8 heteroatoms. The highest BCUT2D eigenvalue weighted by molar-refractivity contribution is 7.98. The molecule has 0 unspecified atom stereocenters. The summed E-state index contributed by atoms with van der Waals surface area (Å²) in [6.45, 7) is 0. The summed E-state index contributed by atoms with van der Waals surface area (Å²) in [6, 6.07) is 3.46. The van der Waals surface area contributed by atoms with Crippen LogP contribution in [0.4, 0.5) is 13.2 Å². The summed E-state index contributed by atoms with van der Waals surface area (Å²) in [7, 11) is 1.42. The van der Waals surface area contributed by atoms with Crippen LogP contribution in [0.1, 0.15) is 5.56 Å². The Hall–Kier alpha value is -1.47. The number of hydrogen-bond donors (Lipinski definition) is 0. The van der Waals surface area contributed by atoms with Crippen molar-refractivity contribution in [1.82, 2.24) is 9.97 Å². The van der Waals surface area contributed by atoms with Crippen LogP contribution >= 0.6 is 23.4 Å². The van der Waals surface area contributed by atoms with Gasteiger partial charge in [0.1, 0.15) is 5.15 Å². The van der Waals surface area contributed by atoms with E-state index in [1.54, 1.807) is 0 Å². The molecule has 0 amide bonds. The number of benzene rings is 1. The molecule has 1 heterocycles. The zero-order valence-electron chi connectivity index (χ0n) is 10.2. The van der Waals surface area contributed by atoms with E-state index in [1.807, 2.05) is 0 Å². The van der Waals surface area contributed by atoms with E-state index < -0.39 is 17.5 Å². The largest absolute Gasteiger partial charge is 0.481 e. The Balaban J connectivity index is 2.17. The van der Waals surface area contributed by atoms with E-state index in [1.165, 1.54) is 19.2 Å². The molecule has 2 rings (SSSR count). The van der Waals surface area contributed by atoms with Crippen LogP contribution in [0.25, 0.3) is 0 Å². The molecule has 0 bridgehead atoms. The van der Waals surface area contributed by atoms with Crippen molar-refractivity contribution < 1.29 is 17.9 Å². The summed E-state index contributed by atoms with van der Waals surface area (Å²) in [5, 5.41) is 0.420. The molecule has 0 N–H and O–H groups in total. The summed E-state index contributed by atoms with van der Waals surface area (Å²) in [4.78, 5) is 7.91. The summed E-state index contributed by atoms with van der Waals surface area (Å²) in [5.41, 5.74) is 0.0106. The van der Waals surface area contributed by atoms with Crippen LogP contribution in [0.5, 0.6) is 5.88 Å². The van der Waals surface area contributed by atoms with E-state index in [0.717, 1.165) is 17.8 Å². The minimum absolute atomic E-state index is 0.0106. The van der Waals surface area contributed by atoms with Crippen molar-refractivity contribution >= 4 is 23.4 Å². The third kappa shape index (κ3) is 3.34. The van der Waals surface area contributed by atoms with Crippen molar-refractivity contribution in [1.29, 1.82) is 0 Å². The van der Waals surface area contributed by atoms with Gasteiger partial charge in [-0.25, -0.2) is 18.2 Å². The second-order valence-electron chi connectivity index (χ2n) is 3.64. The molecule has 1 aromatic heterocycles. The average molecular weight is 321 g/mol. The SMILES string of the molecule is COc1cc(Cl)nc(SCc2ccc(F)c(F)c2F)n1. The first kappa shape index (κ1) is 14.9. The fraction of sp³-hybridized carbons (Fsp3) is 0.167. The van der Waals surface area contributed by atoms with Gasteiger partial charge < -0.3 is 4.74 Å². The Bertz CT molecular complexity index is 642. The van der Waals surface area contributed by atoms with Gasteiger partial charge >= 0.3 is 0 Å². The smallest absolute Gasteiger partial charge is 0.218 e. The molecule has 0 aliphatic heterocycles. The number of nitrogens with zero attached hydrogens (tertiary/aromatic N) is 2. The standard InChI is InChI=1S/C12H8ClF3N2OS/c1-19-9-4-8(13)17-12(18-9)20-5-6-2-3-7(14)11(16)10(6)15/h2-4H,5H2,1H3. The quantitative estimate of drug-likeness (QED) is 0.371. The Kier molecular flexibility index (Phi) is 4.72. The molecule has 0 spiro atoms. The van der Waals surface area contributed by atoms with Gasteiger partial charge in [0, 0.05) is 17.4 Å². The minimum atomic E-state index is -1.49. The van der Waals surface area contributed by atoms with Crippen molar-refractivity contribution in [3.63, 3.8) is 0 Å². The summed E-state index contributed by atoms with van der Waals surface area (Å²) in [6.07, 6.45) is 0. The van der Waals surface area contributed by atoms with Gasteiger partial charge in [0.15, 0.2) is 22.6 Å². The predicted molar refractivity (Wildman–Crippen MR) is 69.5 cm³/mol. The summed E-state index contributed by atoms with van der Waals surface area (Å²) >= 11 is 6.79. The third-order valence-electron chi connectivity index (χ3n) is 2.33. The van der Waals surface area contributed by atoms with Crippen LogP contribution in [0.15, 0.2) is 23.4 Å². The number of rotatable bonds is 4. The molecule has 1 aromatic carbocycles. The van der Waals surface area contributed by atoms with Crippen molar-refractivity contribution in [2.45, 2.75) is 10.9 Å². The molecule has 0 radical (unpaired) electrons. The number of halogens is 4. The molecule has 20 heavy (non-hydrogen) atoms. The van der Waals surface area contributed by atoms with Crippen LogP contribution < -0.4 is 4.74 Å². The molecule has 0 atom stereocenters. The lowest BCUT2D eigenvalue weighted by molar-refractivity contribution is 0.392. The minimum Gasteiger partial charge on any atom is -0.481 e. The highest BCUT2D eigenvalue weighted by atomic mass is 35.5. The molecular formula is C12H8ClF3N2OS. The van der Waals surface area contributed by atoms with Gasteiger partial charge in [-0.2, -0.15) is 4.98 Å². The maximum absolute atomic E-state index is 13.5. The lowest BCUT2D eigenvalue weighted by atomic mass is 10.2. The van der Waals surface area contributed by atoms with E-state index in [4.69, 9.17) is 16.3 Å². The first-order valence-electron chi connectivity index (χ1n) is 5.35. The van der Waals surface area contributed by atoms with Crippen LogP contribution in [0.3, 0.4) is 0 Å². The first-order chi connectivity index (χ1) is 9.51. The van der Waals surface area contributed by atoms with Crippen LogP contribution in [0.2, 0.25) is 5.15 Å². The Morgan fingerprint density at radius 2 is 1.95 bits per heavy atom. The highest BCUT2D eigenvalue weighted by Crippen LogP contribution is 2.26. The molecule has 0 saturated heterocycles. The molecule has 3 nitrogen and oxygen atoms in total. The van der Waals surface area contributed by atoms with Crippen molar-refractivity contribution in [2.24, 2.45) is 0 Å². The van der Waals surface area contributed by atoms with Crippen LogP contribution in [0, 0.1) is 17.5 Å². The molecule has 0 fully saturated rings. The van der Waals surface area contributed by atoms with E-state index in [2.05, 4.69) is 9.97 Å². The normalized spacial score (nSPS) is 10.7. The Morgan fingerprint density at radius 1 is 1.20 bits per heavy atom. The van der Waals surface area contributed by atoms with E-state index in [0.29, 0.717) is 0 Å². The second kappa shape index (κ2) is 6.32. The van der Waals surface area contributed by atoms with Gasteiger partial charge in [-0.05, 0) is 6.07 Å². The number of ether oxygens (including phenoxy) is 1. The molecule has 0 aliphatic carbocycles. The fourth-order valence-electron chi connectivity index (χ4n) is 1.37. The van der Waals surface area contributed by atoms with Gasteiger partial charge in [0.2, 0.25) is 5.88 Å². The Morgan fingerprint density at radius 3 is 2.65 bits per heavy atom. The van der Waals surface area contributed by atoms with E-state index in [9.17, 15) is 13.2 Å². The van der Waals surface area contributed by atoms with Gasteiger partial charge in [-0.15, -0.1) is 0 Å². The number of aromatic nitrogens is 2. The first-order valence-corrected chi connectivity index (χ1v) is 6.71. The molecule has 106 valence electrons. The maximum Gasteiger partial charge on any atom is 0.218 e. The van der Waals surface area contributed by atoms with Crippen LogP contribution in [-0.2, 0) is 5.75 Å². The second-order valence-corrected chi connectivity index (χ2v) is 4.97. The molecule has 0 aliphatic rings. The topological polar surface area (TPSA) is 35.0 Å². The third-order valence-corrected chi connectivity index (χ3v) is 3.42. The van der Waals surface area contributed by atoms with Crippen molar-refractivity contribution in [3.8, 4) is 5.88 Å². The Labute approximate surface area is 122 Å². The molecular weight excluding hydrogens is 313 g/mol. The predicted octanol–water partition coefficient (Wildman–Crippen LogP) is 3.85. The summed E-state index contributed by atoms with van der Waals surface area (Å²) < 4.78 is 44.2. The van der Waals surface area contributed by atoms with Gasteiger partial charge in [0.05, 0.1) is 7.11 Å². The summed E-state index contributed by atoms with van der Waals surface area (Å²) in [5.74, 6) is -3.64. The van der Waals surface area contributed by atoms with Crippen LogP contribution in [-0.4, -0.2) is 17.1 Å². The van der Waals surface area contributed by atoms with Gasteiger partial charge in [-0.1, -0.05) is 29.4 Å².